The molecule has 74 valence electrons. The Kier molecular flexibility index (Phi) is 4.17. The van der Waals surface area contributed by atoms with Crippen LogP contribution in [0.5, 0.6) is 0 Å². The molecule has 0 spiro atoms. The zero-order chi connectivity index (χ0) is 9.94. The van der Waals surface area contributed by atoms with Crippen molar-refractivity contribution in [1.82, 2.24) is 0 Å². The number of rotatable bonds is 4. The van der Waals surface area contributed by atoms with E-state index in [0.717, 1.165) is 6.42 Å². The Balaban J connectivity index is 4.77. The van der Waals surface area contributed by atoms with Gasteiger partial charge in [0.2, 0.25) is 0 Å². The molecule has 0 rings (SSSR count). The van der Waals surface area contributed by atoms with E-state index in [1.807, 2.05) is 20.8 Å². The van der Waals surface area contributed by atoms with Crippen LogP contribution in [0.1, 0.15) is 34.1 Å². The average molecular weight is 173 g/mol. The van der Waals surface area contributed by atoms with Crippen molar-refractivity contribution in [3.8, 4) is 0 Å². The molecule has 0 heterocycles. The van der Waals surface area contributed by atoms with Crippen molar-refractivity contribution in [3.05, 3.63) is 0 Å². The van der Waals surface area contributed by atoms with Crippen molar-refractivity contribution in [1.29, 1.82) is 0 Å². The molecule has 3 heteroatoms. The zero-order valence-corrected chi connectivity index (χ0v) is 8.67. The molecular weight excluding hydrogens is 150 g/mol. The largest absolute Gasteiger partial charge is 0.327 e. The van der Waals surface area contributed by atoms with Gasteiger partial charge in [-0.05, 0) is 27.2 Å². The summed E-state index contributed by atoms with van der Waals surface area (Å²) in [5.41, 5.74) is 17.6. The fraction of sp³-hybridized carbons (Fsp3) is 1.00. The average Bonchev–Trinajstić information content (AvgIpc) is 1.86. The maximum absolute atomic E-state index is 5.92. The third-order valence-corrected chi connectivity index (χ3v) is 3.16. The Hall–Kier alpha value is -0.120. The molecule has 6 N–H and O–H groups in total. The van der Waals surface area contributed by atoms with Crippen molar-refractivity contribution < 1.29 is 0 Å². The second kappa shape index (κ2) is 4.21. The van der Waals surface area contributed by atoms with Crippen LogP contribution in [0.4, 0.5) is 0 Å². The quantitative estimate of drug-likeness (QED) is 0.576. The van der Waals surface area contributed by atoms with Crippen LogP contribution < -0.4 is 17.2 Å². The van der Waals surface area contributed by atoms with E-state index >= 15 is 0 Å². The van der Waals surface area contributed by atoms with Crippen LogP contribution in [0.15, 0.2) is 0 Å². The number of hydrogen-bond donors (Lipinski definition) is 3. The molecule has 0 fully saturated rings. The molecule has 0 aromatic rings. The summed E-state index contributed by atoms with van der Waals surface area (Å²) in [7, 11) is 0. The van der Waals surface area contributed by atoms with Crippen molar-refractivity contribution in [2.24, 2.45) is 22.6 Å². The number of hydrogen-bond acceptors (Lipinski definition) is 3. The highest BCUT2D eigenvalue weighted by Gasteiger charge is 2.39. The molecule has 0 amide bonds. The van der Waals surface area contributed by atoms with Gasteiger partial charge < -0.3 is 17.2 Å². The first-order valence-electron chi connectivity index (χ1n) is 4.66. The minimum atomic E-state index is -0.125. The topological polar surface area (TPSA) is 78.1 Å². The lowest BCUT2D eigenvalue weighted by Crippen LogP contribution is -2.59. The van der Waals surface area contributed by atoms with Gasteiger partial charge in [-0.15, -0.1) is 0 Å². The van der Waals surface area contributed by atoms with Gasteiger partial charge in [0.1, 0.15) is 0 Å². The van der Waals surface area contributed by atoms with Crippen LogP contribution in [0.2, 0.25) is 0 Å². The predicted molar refractivity (Wildman–Crippen MR) is 53.7 cm³/mol. The predicted octanol–water partition coefficient (Wildman–Crippen LogP) is 0.424. The third-order valence-electron chi connectivity index (χ3n) is 3.16. The molecular formula is C9H23N3. The van der Waals surface area contributed by atoms with E-state index in [1.165, 1.54) is 0 Å². The summed E-state index contributed by atoms with van der Waals surface area (Å²) in [6.45, 7) is 8.04. The van der Waals surface area contributed by atoms with Gasteiger partial charge in [0.05, 0.1) is 0 Å². The summed E-state index contributed by atoms with van der Waals surface area (Å²) in [4.78, 5) is 0. The van der Waals surface area contributed by atoms with Gasteiger partial charge in [0.25, 0.3) is 0 Å². The molecule has 0 radical (unpaired) electrons. The van der Waals surface area contributed by atoms with Gasteiger partial charge in [-0.1, -0.05) is 6.92 Å². The van der Waals surface area contributed by atoms with Crippen LogP contribution in [0, 0.1) is 5.41 Å². The molecule has 0 aromatic carbocycles. The Morgan fingerprint density at radius 2 is 1.17 bits per heavy atom. The molecule has 3 unspecified atom stereocenters. The summed E-state index contributed by atoms with van der Waals surface area (Å²) in [6, 6.07) is 0.132. The summed E-state index contributed by atoms with van der Waals surface area (Å²) in [5.74, 6) is 0. The van der Waals surface area contributed by atoms with Gasteiger partial charge in [0.15, 0.2) is 0 Å². The minimum absolute atomic E-state index is 0.0440. The monoisotopic (exact) mass is 173 g/mol. The maximum atomic E-state index is 5.92. The van der Waals surface area contributed by atoms with Gasteiger partial charge in [-0.3, -0.25) is 0 Å². The van der Waals surface area contributed by atoms with Crippen LogP contribution >= 0.6 is 0 Å². The molecule has 0 saturated carbocycles. The Morgan fingerprint density at radius 3 is 1.17 bits per heavy atom. The van der Waals surface area contributed by atoms with Crippen molar-refractivity contribution in [2.45, 2.75) is 52.2 Å². The SMILES string of the molecule is CCC(C(C)N)(C(C)N)C(C)N. The molecule has 0 aliphatic rings. The first-order valence-corrected chi connectivity index (χ1v) is 4.66. The first-order chi connectivity index (χ1) is 5.39. The molecule has 0 bridgehead atoms. The Labute approximate surface area is 75.7 Å². The molecule has 0 aromatic heterocycles. The zero-order valence-electron chi connectivity index (χ0n) is 8.67. The van der Waals surface area contributed by atoms with Gasteiger partial charge in [-0.25, -0.2) is 0 Å². The second-order valence-corrected chi connectivity index (χ2v) is 3.83. The van der Waals surface area contributed by atoms with Crippen LogP contribution in [0.3, 0.4) is 0 Å². The van der Waals surface area contributed by atoms with Crippen LogP contribution in [-0.2, 0) is 0 Å². The van der Waals surface area contributed by atoms with E-state index in [4.69, 9.17) is 17.2 Å². The minimum Gasteiger partial charge on any atom is -0.327 e. The van der Waals surface area contributed by atoms with E-state index in [1.54, 1.807) is 0 Å². The van der Waals surface area contributed by atoms with Gasteiger partial charge >= 0.3 is 0 Å². The smallest absolute Gasteiger partial charge is 0.0146 e. The lowest BCUT2D eigenvalue weighted by Gasteiger charge is -2.43. The molecule has 0 aliphatic carbocycles. The van der Waals surface area contributed by atoms with E-state index in [2.05, 4.69) is 6.92 Å². The molecule has 0 saturated heterocycles. The van der Waals surface area contributed by atoms with Gasteiger partial charge in [0, 0.05) is 23.5 Å². The van der Waals surface area contributed by atoms with E-state index in [9.17, 15) is 0 Å². The fourth-order valence-corrected chi connectivity index (χ4v) is 2.21. The Bertz CT molecular complexity index is 108. The van der Waals surface area contributed by atoms with E-state index in [-0.39, 0.29) is 23.5 Å². The normalized spacial score (nSPS) is 24.2. The first kappa shape index (κ1) is 11.9. The van der Waals surface area contributed by atoms with E-state index < -0.39 is 0 Å². The summed E-state index contributed by atoms with van der Waals surface area (Å²) in [6.07, 6.45) is 0.931. The summed E-state index contributed by atoms with van der Waals surface area (Å²) in [5, 5.41) is 0. The standard InChI is InChI=1S/C9H23N3/c1-5-9(6(2)10,7(3)11)8(4)12/h6-8H,5,10-12H2,1-4H3. The summed E-state index contributed by atoms with van der Waals surface area (Å²) < 4.78 is 0. The summed E-state index contributed by atoms with van der Waals surface area (Å²) >= 11 is 0. The Morgan fingerprint density at radius 1 is 0.917 bits per heavy atom. The fourth-order valence-electron chi connectivity index (χ4n) is 2.21. The molecule has 12 heavy (non-hydrogen) atoms. The lowest BCUT2D eigenvalue weighted by atomic mass is 9.69. The molecule has 3 atom stereocenters. The van der Waals surface area contributed by atoms with Crippen LogP contribution in [-0.4, -0.2) is 18.1 Å². The van der Waals surface area contributed by atoms with Crippen molar-refractivity contribution in [3.63, 3.8) is 0 Å². The molecule has 0 aliphatic heterocycles. The van der Waals surface area contributed by atoms with Crippen molar-refractivity contribution in [2.75, 3.05) is 0 Å². The lowest BCUT2D eigenvalue weighted by molar-refractivity contribution is 0.145. The maximum Gasteiger partial charge on any atom is 0.0146 e. The number of nitrogens with two attached hydrogens (primary N) is 3. The highest BCUT2D eigenvalue weighted by atomic mass is 14.8. The highest BCUT2D eigenvalue weighted by molar-refractivity contribution is 4.97. The highest BCUT2D eigenvalue weighted by Crippen LogP contribution is 2.31. The van der Waals surface area contributed by atoms with E-state index in [0.29, 0.717) is 0 Å². The third kappa shape index (κ3) is 1.79. The van der Waals surface area contributed by atoms with Crippen LogP contribution in [0.25, 0.3) is 0 Å². The molecule has 3 nitrogen and oxygen atoms in total. The van der Waals surface area contributed by atoms with Crippen molar-refractivity contribution >= 4 is 0 Å². The van der Waals surface area contributed by atoms with Gasteiger partial charge in [-0.2, -0.15) is 0 Å². The second-order valence-electron chi connectivity index (χ2n) is 3.83.